The number of methoxy groups -OCH3 is 1. The van der Waals surface area contributed by atoms with E-state index in [0.717, 1.165) is 0 Å². The zero-order chi connectivity index (χ0) is 15.3. The van der Waals surface area contributed by atoms with Gasteiger partial charge >= 0.3 is 5.97 Å². The first-order chi connectivity index (χ1) is 9.36. The predicted octanol–water partition coefficient (Wildman–Crippen LogP) is 2.35. The van der Waals surface area contributed by atoms with Crippen LogP contribution in [0.25, 0.3) is 0 Å². The van der Waals surface area contributed by atoms with Crippen LogP contribution in [0.4, 0.5) is 5.69 Å². The quantitative estimate of drug-likeness (QED) is 0.635. The second kappa shape index (κ2) is 7.28. The van der Waals surface area contributed by atoms with E-state index in [1.165, 1.54) is 7.11 Å². The van der Waals surface area contributed by atoms with Crippen molar-refractivity contribution in [2.24, 2.45) is 5.92 Å². The van der Waals surface area contributed by atoms with Crippen LogP contribution in [0.2, 0.25) is 0 Å². The standard InChI is InChI=1S/C14H19BrN2O3/c1-8(2)7-11(14(19)20-3)17-13(18)9-5-4-6-10(15)12(9)16/h4-6,8,11H,7,16H2,1-3H3,(H,17,18). The van der Waals surface area contributed by atoms with Crippen LogP contribution in [-0.4, -0.2) is 25.0 Å². The zero-order valence-electron chi connectivity index (χ0n) is 11.8. The summed E-state index contributed by atoms with van der Waals surface area (Å²) in [5.41, 5.74) is 6.52. The highest BCUT2D eigenvalue weighted by atomic mass is 79.9. The minimum absolute atomic E-state index is 0.249. The Bertz CT molecular complexity index is 503. The Kier molecular flexibility index (Phi) is 6.01. The molecule has 0 fully saturated rings. The Morgan fingerprint density at radius 2 is 2.05 bits per heavy atom. The molecule has 0 aliphatic carbocycles. The molecule has 0 saturated heterocycles. The lowest BCUT2D eigenvalue weighted by atomic mass is 10.0. The van der Waals surface area contributed by atoms with Gasteiger partial charge in [-0.1, -0.05) is 19.9 Å². The molecule has 6 heteroatoms. The third kappa shape index (κ3) is 4.23. The number of nitrogens with two attached hydrogens (primary N) is 1. The number of hydrogen-bond donors (Lipinski definition) is 2. The number of para-hydroxylation sites is 1. The molecule has 1 aromatic carbocycles. The van der Waals surface area contributed by atoms with Crippen molar-refractivity contribution in [1.29, 1.82) is 0 Å². The van der Waals surface area contributed by atoms with E-state index in [0.29, 0.717) is 22.1 Å². The lowest BCUT2D eigenvalue weighted by molar-refractivity contribution is -0.143. The van der Waals surface area contributed by atoms with Gasteiger partial charge in [-0.25, -0.2) is 4.79 Å². The molecule has 0 bridgehead atoms. The number of carbonyl (C=O) groups excluding carboxylic acids is 2. The average molecular weight is 343 g/mol. The number of amides is 1. The van der Waals surface area contributed by atoms with Crippen LogP contribution in [-0.2, 0) is 9.53 Å². The molecule has 0 aromatic heterocycles. The van der Waals surface area contributed by atoms with E-state index in [-0.39, 0.29) is 11.8 Å². The van der Waals surface area contributed by atoms with E-state index in [4.69, 9.17) is 10.5 Å². The Hall–Kier alpha value is -1.56. The number of halogens is 1. The number of carbonyl (C=O) groups is 2. The third-order valence-electron chi connectivity index (χ3n) is 2.80. The minimum Gasteiger partial charge on any atom is -0.467 e. The largest absolute Gasteiger partial charge is 0.467 e. The van der Waals surface area contributed by atoms with Gasteiger partial charge in [-0.3, -0.25) is 4.79 Å². The highest BCUT2D eigenvalue weighted by molar-refractivity contribution is 9.10. The Morgan fingerprint density at radius 1 is 1.40 bits per heavy atom. The summed E-state index contributed by atoms with van der Waals surface area (Å²) in [6.45, 7) is 3.94. The van der Waals surface area contributed by atoms with Crippen molar-refractivity contribution in [3.8, 4) is 0 Å². The van der Waals surface area contributed by atoms with Crippen molar-refractivity contribution in [2.45, 2.75) is 26.3 Å². The van der Waals surface area contributed by atoms with Crippen LogP contribution in [0.5, 0.6) is 0 Å². The number of anilines is 1. The fourth-order valence-electron chi connectivity index (χ4n) is 1.80. The highest BCUT2D eigenvalue weighted by Gasteiger charge is 2.24. The minimum atomic E-state index is -0.675. The molecular formula is C14H19BrN2O3. The van der Waals surface area contributed by atoms with Crippen LogP contribution < -0.4 is 11.1 Å². The molecule has 0 spiro atoms. The molecule has 5 nitrogen and oxygen atoms in total. The van der Waals surface area contributed by atoms with E-state index in [9.17, 15) is 9.59 Å². The first kappa shape index (κ1) is 16.5. The average Bonchev–Trinajstić information content (AvgIpc) is 2.39. The second-order valence-corrected chi connectivity index (χ2v) is 5.73. The number of esters is 1. The molecule has 1 amide bonds. The first-order valence-corrected chi connectivity index (χ1v) is 7.08. The summed E-state index contributed by atoms with van der Waals surface area (Å²) in [4.78, 5) is 23.9. The summed E-state index contributed by atoms with van der Waals surface area (Å²) < 4.78 is 5.35. The summed E-state index contributed by atoms with van der Waals surface area (Å²) in [6.07, 6.45) is 0.506. The maximum Gasteiger partial charge on any atom is 0.328 e. The van der Waals surface area contributed by atoms with Gasteiger partial charge in [0.25, 0.3) is 5.91 Å². The predicted molar refractivity (Wildman–Crippen MR) is 81.3 cm³/mol. The molecule has 0 saturated carbocycles. The number of nitrogens with one attached hydrogen (secondary N) is 1. The van der Waals surface area contributed by atoms with Gasteiger partial charge in [0, 0.05) is 4.47 Å². The molecule has 1 rings (SSSR count). The summed E-state index contributed by atoms with van der Waals surface area (Å²) in [6, 6.07) is 4.40. The fraction of sp³-hybridized carbons (Fsp3) is 0.429. The monoisotopic (exact) mass is 342 g/mol. The first-order valence-electron chi connectivity index (χ1n) is 6.29. The van der Waals surface area contributed by atoms with Crippen LogP contribution in [0, 0.1) is 5.92 Å². The molecule has 3 N–H and O–H groups in total. The van der Waals surface area contributed by atoms with Crippen molar-refractivity contribution in [2.75, 3.05) is 12.8 Å². The molecule has 110 valence electrons. The topological polar surface area (TPSA) is 81.4 Å². The van der Waals surface area contributed by atoms with Gasteiger partial charge in [-0.05, 0) is 40.4 Å². The fourth-order valence-corrected chi connectivity index (χ4v) is 2.16. The van der Waals surface area contributed by atoms with E-state index in [1.54, 1.807) is 18.2 Å². The van der Waals surface area contributed by atoms with Crippen molar-refractivity contribution in [1.82, 2.24) is 5.32 Å². The number of ether oxygens (including phenoxy) is 1. The lowest BCUT2D eigenvalue weighted by Crippen LogP contribution is -2.42. The molecule has 0 radical (unpaired) electrons. The van der Waals surface area contributed by atoms with Crippen molar-refractivity contribution >= 4 is 33.5 Å². The maximum absolute atomic E-state index is 12.2. The molecular weight excluding hydrogens is 324 g/mol. The van der Waals surface area contributed by atoms with Gasteiger partial charge in [0.05, 0.1) is 18.4 Å². The molecule has 0 aliphatic rings. The van der Waals surface area contributed by atoms with E-state index >= 15 is 0 Å². The van der Waals surface area contributed by atoms with Crippen molar-refractivity contribution < 1.29 is 14.3 Å². The van der Waals surface area contributed by atoms with Crippen LogP contribution in [0.15, 0.2) is 22.7 Å². The molecule has 20 heavy (non-hydrogen) atoms. The maximum atomic E-state index is 12.2. The molecule has 1 unspecified atom stereocenters. The lowest BCUT2D eigenvalue weighted by Gasteiger charge is -2.19. The van der Waals surface area contributed by atoms with Crippen LogP contribution >= 0.6 is 15.9 Å². The van der Waals surface area contributed by atoms with Crippen molar-refractivity contribution in [3.63, 3.8) is 0 Å². The van der Waals surface area contributed by atoms with Crippen LogP contribution in [0.3, 0.4) is 0 Å². The Labute approximate surface area is 127 Å². The second-order valence-electron chi connectivity index (χ2n) is 4.88. The summed E-state index contributed by atoms with van der Waals surface area (Å²) in [5, 5.41) is 2.67. The van der Waals surface area contributed by atoms with Gasteiger partial charge in [0.15, 0.2) is 0 Å². The van der Waals surface area contributed by atoms with Gasteiger partial charge in [-0.2, -0.15) is 0 Å². The van der Waals surface area contributed by atoms with Gasteiger partial charge in [0.2, 0.25) is 0 Å². The number of hydrogen-bond acceptors (Lipinski definition) is 4. The summed E-state index contributed by atoms with van der Waals surface area (Å²) in [7, 11) is 1.30. The van der Waals surface area contributed by atoms with Gasteiger partial charge in [-0.15, -0.1) is 0 Å². The molecule has 1 atom stereocenters. The highest BCUT2D eigenvalue weighted by Crippen LogP contribution is 2.23. The summed E-state index contributed by atoms with van der Waals surface area (Å²) >= 11 is 3.27. The van der Waals surface area contributed by atoms with E-state index < -0.39 is 12.0 Å². The summed E-state index contributed by atoms with van der Waals surface area (Å²) in [5.74, 6) is -0.597. The number of benzene rings is 1. The van der Waals surface area contributed by atoms with Gasteiger partial charge in [0.1, 0.15) is 6.04 Å². The third-order valence-corrected chi connectivity index (χ3v) is 3.49. The molecule has 1 aromatic rings. The van der Waals surface area contributed by atoms with E-state index in [2.05, 4.69) is 21.2 Å². The van der Waals surface area contributed by atoms with Crippen molar-refractivity contribution in [3.05, 3.63) is 28.2 Å². The van der Waals surface area contributed by atoms with E-state index in [1.807, 2.05) is 13.8 Å². The molecule has 0 aliphatic heterocycles. The smallest absolute Gasteiger partial charge is 0.328 e. The number of nitrogen functional groups attached to an aromatic ring is 1. The Morgan fingerprint density at radius 3 is 2.60 bits per heavy atom. The normalized spacial score (nSPS) is 12.1. The molecule has 0 heterocycles. The van der Waals surface area contributed by atoms with Gasteiger partial charge < -0.3 is 15.8 Å². The Balaban J connectivity index is 2.90. The number of rotatable bonds is 5. The SMILES string of the molecule is COC(=O)C(CC(C)C)NC(=O)c1cccc(Br)c1N. The zero-order valence-corrected chi connectivity index (χ0v) is 13.4. The van der Waals surface area contributed by atoms with Crippen LogP contribution in [0.1, 0.15) is 30.6 Å².